The van der Waals surface area contributed by atoms with Crippen molar-refractivity contribution in [3.8, 4) is 0 Å². The summed E-state index contributed by atoms with van der Waals surface area (Å²) >= 11 is 2.33. The van der Waals surface area contributed by atoms with E-state index in [4.69, 9.17) is 0 Å². The van der Waals surface area contributed by atoms with Gasteiger partial charge in [-0.15, -0.1) is 0 Å². The summed E-state index contributed by atoms with van der Waals surface area (Å²) in [4.78, 5) is 8.28. The van der Waals surface area contributed by atoms with E-state index < -0.39 is 0 Å². The topological polar surface area (TPSA) is 37.8 Å². The van der Waals surface area contributed by atoms with E-state index >= 15 is 0 Å². The summed E-state index contributed by atoms with van der Waals surface area (Å²) in [5.74, 6) is 0. The van der Waals surface area contributed by atoms with Gasteiger partial charge in [0.25, 0.3) is 0 Å². The molecule has 0 unspecified atom stereocenters. The maximum Gasteiger partial charge on any atom is 0.0599 e. The van der Waals surface area contributed by atoms with E-state index in [1.54, 1.807) is 12.4 Å². The fourth-order valence-electron chi connectivity index (χ4n) is 1.56. The lowest BCUT2D eigenvalue weighted by molar-refractivity contribution is 0.678. The Balaban J connectivity index is 1.73. The van der Waals surface area contributed by atoms with Crippen LogP contribution in [-0.4, -0.2) is 16.5 Å². The third kappa shape index (κ3) is 4.40. The minimum absolute atomic E-state index is 0.900. The normalized spacial score (nSPS) is 10.4. The molecule has 0 aliphatic heterocycles. The lowest BCUT2D eigenvalue weighted by atomic mass is 10.2. The van der Waals surface area contributed by atoms with Crippen LogP contribution in [0, 0.1) is 3.57 Å². The van der Waals surface area contributed by atoms with E-state index in [9.17, 15) is 0 Å². The lowest BCUT2D eigenvalue weighted by Crippen LogP contribution is -2.17. The molecule has 2 aromatic rings. The smallest absolute Gasteiger partial charge is 0.0599 e. The zero-order valence-corrected chi connectivity index (χ0v) is 11.6. The third-order valence-corrected chi connectivity index (χ3v) is 3.06. The van der Waals surface area contributed by atoms with Gasteiger partial charge in [-0.3, -0.25) is 9.97 Å². The van der Waals surface area contributed by atoms with Crippen molar-refractivity contribution in [1.29, 1.82) is 0 Å². The van der Waals surface area contributed by atoms with Crippen LogP contribution in [0.2, 0.25) is 0 Å². The monoisotopic (exact) mass is 339 g/mol. The first-order chi connectivity index (χ1) is 8.34. The average molecular weight is 339 g/mol. The number of nitrogens with zero attached hydrogens (tertiary/aromatic N) is 2. The lowest BCUT2D eigenvalue weighted by Gasteiger charge is -2.04. The van der Waals surface area contributed by atoms with Crippen molar-refractivity contribution in [1.82, 2.24) is 15.3 Å². The van der Waals surface area contributed by atoms with Crippen molar-refractivity contribution in [2.75, 3.05) is 6.54 Å². The summed E-state index contributed by atoms with van der Waals surface area (Å²) in [6, 6.07) is 8.51. The molecule has 0 amide bonds. The molecule has 17 heavy (non-hydrogen) atoms. The second-order valence-corrected chi connectivity index (χ2v) is 5.00. The molecular weight excluding hydrogens is 325 g/mol. The maximum atomic E-state index is 4.23. The van der Waals surface area contributed by atoms with Gasteiger partial charge in [0, 0.05) is 41.7 Å². The highest BCUT2D eigenvalue weighted by Crippen LogP contribution is 2.07. The van der Waals surface area contributed by atoms with Crippen LogP contribution in [0.1, 0.15) is 11.3 Å². The minimum Gasteiger partial charge on any atom is -0.312 e. The zero-order valence-electron chi connectivity index (χ0n) is 9.44. The van der Waals surface area contributed by atoms with Gasteiger partial charge in [0.2, 0.25) is 0 Å². The van der Waals surface area contributed by atoms with Gasteiger partial charge in [-0.25, -0.2) is 0 Å². The predicted octanol–water partition coefficient (Wildman–Crippen LogP) is 2.41. The van der Waals surface area contributed by atoms with Crippen LogP contribution in [0.5, 0.6) is 0 Å². The van der Waals surface area contributed by atoms with Crippen LogP contribution in [0.25, 0.3) is 0 Å². The summed E-state index contributed by atoms with van der Waals surface area (Å²) in [6.07, 6.45) is 6.16. The van der Waals surface area contributed by atoms with Gasteiger partial charge in [0.15, 0.2) is 0 Å². The molecule has 0 spiro atoms. The molecule has 2 rings (SSSR count). The first kappa shape index (κ1) is 12.4. The van der Waals surface area contributed by atoms with Crippen molar-refractivity contribution in [2.45, 2.75) is 13.0 Å². The van der Waals surface area contributed by atoms with Gasteiger partial charge in [-0.2, -0.15) is 0 Å². The maximum absolute atomic E-state index is 4.23. The Hall–Kier alpha value is -1.01. The summed E-state index contributed by atoms with van der Waals surface area (Å²) < 4.78 is 1.27. The average Bonchev–Trinajstić information content (AvgIpc) is 2.36. The fourth-order valence-corrected chi connectivity index (χ4v) is 2.16. The highest BCUT2D eigenvalue weighted by molar-refractivity contribution is 14.1. The standard InChI is InChI=1S/C13H14IN3/c14-12-3-1-2-11(8-12)9-15-5-4-13-10-16-6-7-17-13/h1-3,6-8,10,15H,4-5,9H2. The number of halogens is 1. The SMILES string of the molecule is Ic1cccc(CNCCc2cnccn2)c1. The molecule has 0 saturated heterocycles. The van der Waals surface area contributed by atoms with Crippen LogP contribution < -0.4 is 5.32 Å². The van der Waals surface area contributed by atoms with Gasteiger partial charge >= 0.3 is 0 Å². The van der Waals surface area contributed by atoms with Gasteiger partial charge in [0.1, 0.15) is 0 Å². The molecule has 1 heterocycles. The Labute approximate surface area is 115 Å². The molecule has 0 radical (unpaired) electrons. The molecule has 4 heteroatoms. The Kier molecular flexibility index (Phi) is 4.88. The zero-order chi connectivity index (χ0) is 11.9. The number of benzene rings is 1. The number of aromatic nitrogens is 2. The Morgan fingerprint density at radius 1 is 1.24 bits per heavy atom. The van der Waals surface area contributed by atoms with Gasteiger partial charge in [-0.05, 0) is 40.3 Å². The molecule has 0 bridgehead atoms. The third-order valence-electron chi connectivity index (χ3n) is 2.39. The summed E-state index contributed by atoms with van der Waals surface area (Å²) in [6.45, 7) is 1.82. The Morgan fingerprint density at radius 3 is 2.94 bits per heavy atom. The quantitative estimate of drug-likeness (QED) is 0.672. The van der Waals surface area contributed by atoms with Gasteiger partial charge < -0.3 is 5.32 Å². The van der Waals surface area contributed by atoms with Crippen molar-refractivity contribution in [3.05, 3.63) is 57.7 Å². The van der Waals surface area contributed by atoms with Crippen LogP contribution in [0.4, 0.5) is 0 Å². The number of nitrogens with one attached hydrogen (secondary N) is 1. The molecule has 0 saturated carbocycles. The van der Waals surface area contributed by atoms with E-state index in [0.29, 0.717) is 0 Å². The second kappa shape index (κ2) is 6.66. The fraction of sp³-hybridized carbons (Fsp3) is 0.231. The summed E-state index contributed by atoms with van der Waals surface area (Å²) in [5.41, 5.74) is 2.35. The summed E-state index contributed by atoms with van der Waals surface area (Å²) in [5, 5.41) is 3.41. The number of hydrogen-bond donors (Lipinski definition) is 1. The molecule has 1 aromatic heterocycles. The molecule has 0 atom stereocenters. The van der Waals surface area contributed by atoms with E-state index in [1.807, 2.05) is 6.20 Å². The highest BCUT2D eigenvalue weighted by Gasteiger charge is 1.95. The second-order valence-electron chi connectivity index (χ2n) is 3.75. The van der Waals surface area contributed by atoms with Crippen molar-refractivity contribution in [2.24, 2.45) is 0 Å². The molecular formula is C13H14IN3. The van der Waals surface area contributed by atoms with Gasteiger partial charge in [0.05, 0.1) is 5.69 Å². The first-order valence-electron chi connectivity index (χ1n) is 5.54. The van der Waals surface area contributed by atoms with Crippen LogP contribution in [0.15, 0.2) is 42.9 Å². The predicted molar refractivity (Wildman–Crippen MR) is 76.6 cm³/mol. The van der Waals surface area contributed by atoms with Crippen LogP contribution in [0.3, 0.4) is 0 Å². The van der Waals surface area contributed by atoms with E-state index in [2.05, 4.69) is 62.1 Å². The molecule has 88 valence electrons. The Bertz CT molecular complexity index is 459. The highest BCUT2D eigenvalue weighted by atomic mass is 127. The van der Waals surface area contributed by atoms with E-state index in [1.165, 1.54) is 9.13 Å². The minimum atomic E-state index is 0.900. The van der Waals surface area contributed by atoms with Crippen molar-refractivity contribution in [3.63, 3.8) is 0 Å². The summed E-state index contributed by atoms with van der Waals surface area (Å²) in [7, 11) is 0. The number of rotatable bonds is 5. The first-order valence-corrected chi connectivity index (χ1v) is 6.62. The van der Waals surface area contributed by atoms with Crippen LogP contribution in [-0.2, 0) is 13.0 Å². The molecule has 0 aliphatic carbocycles. The largest absolute Gasteiger partial charge is 0.312 e. The molecule has 1 N–H and O–H groups in total. The van der Waals surface area contributed by atoms with Crippen LogP contribution >= 0.6 is 22.6 Å². The molecule has 3 nitrogen and oxygen atoms in total. The van der Waals surface area contributed by atoms with Crippen molar-refractivity contribution < 1.29 is 0 Å². The molecule has 0 fully saturated rings. The number of hydrogen-bond acceptors (Lipinski definition) is 3. The molecule has 0 aliphatic rings. The molecule has 1 aromatic carbocycles. The van der Waals surface area contributed by atoms with Gasteiger partial charge in [-0.1, -0.05) is 12.1 Å². The van der Waals surface area contributed by atoms with E-state index in [0.717, 1.165) is 25.2 Å². The van der Waals surface area contributed by atoms with E-state index in [-0.39, 0.29) is 0 Å². The Morgan fingerprint density at radius 2 is 2.18 bits per heavy atom. The van der Waals surface area contributed by atoms with Crippen molar-refractivity contribution >= 4 is 22.6 Å².